The van der Waals surface area contributed by atoms with E-state index in [2.05, 4.69) is 28.6 Å². The van der Waals surface area contributed by atoms with Crippen molar-refractivity contribution in [3.8, 4) is 11.3 Å². The first-order chi connectivity index (χ1) is 9.92. The molecule has 1 fully saturated rings. The fraction of sp³-hybridized carbons (Fsp3) is 0.312. The summed E-state index contributed by atoms with van der Waals surface area (Å²) in [7, 11) is 0. The van der Waals surface area contributed by atoms with Gasteiger partial charge in [-0.1, -0.05) is 0 Å². The molecule has 4 heteroatoms. The first-order valence-electron chi connectivity index (χ1n) is 7.13. The van der Waals surface area contributed by atoms with Crippen LogP contribution in [0.5, 0.6) is 0 Å². The van der Waals surface area contributed by atoms with Gasteiger partial charge in [-0.25, -0.2) is 4.98 Å². The number of pyridine rings is 1. The Bertz CT molecular complexity index is 708. The van der Waals surface area contributed by atoms with Gasteiger partial charge in [0.15, 0.2) is 0 Å². The van der Waals surface area contributed by atoms with Crippen LogP contribution in [0.3, 0.4) is 0 Å². The summed E-state index contributed by atoms with van der Waals surface area (Å²) < 4.78 is 5.12. The second-order valence-corrected chi connectivity index (χ2v) is 5.37. The lowest BCUT2D eigenvalue weighted by atomic mass is 9.90. The minimum atomic E-state index is 0.645. The van der Waals surface area contributed by atoms with Crippen LogP contribution in [0.1, 0.15) is 24.3 Å². The standard InChI is InChI=1S/C16H17N3O/c1-2-15(12-5-8-20-10-12)19-16-13(1)14(9-18-16)11-3-6-17-7-4-11/h1-2,5,8-11,17H,3-4,6-7H2,(H,18,19). The summed E-state index contributed by atoms with van der Waals surface area (Å²) in [5.41, 5.74) is 4.35. The second-order valence-electron chi connectivity index (χ2n) is 5.37. The SMILES string of the molecule is c1cc(-c2ccc3c(C4CCNCC4)c[nH]c3n2)co1. The van der Waals surface area contributed by atoms with Crippen molar-refractivity contribution in [3.05, 3.63) is 42.5 Å². The second kappa shape index (κ2) is 4.80. The Morgan fingerprint density at radius 2 is 2.05 bits per heavy atom. The number of hydrogen-bond acceptors (Lipinski definition) is 3. The topological polar surface area (TPSA) is 53.9 Å². The smallest absolute Gasteiger partial charge is 0.138 e. The molecule has 0 aromatic carbocycles. The van der Waals surface area contributed by atoms with Gasteiger partial charge in [-0.3, -0.25) is 0 Å². The molecule has 4 heterocycles. The molecule has 0 aliphatic carbocycles. The lowest BCUT2D eigenvalue weighted by Gasteiger charge is -2.22. The molecule has 20 heavy (non-hydrogen) atoms. The highest BCUT2D eigenvalue weighted by Crippen LogP contribution is 2.32. The van der Waals surface area contributed by atoms with Crippen LogP contribution in [0.25, 0.3) is 22.3 Å². The van der Waals surface area contributed by atoms with E-state index in [-0.39, 0.29) is 0 Å². The van der Waals surface area contributed by atoms with E-state index in [9.17, 15) is 0 Å². The normalized spacial score (nSPS) is 16.8. The van der Waals surface area contributed by atoms with E-state index < -0.39 is 0 Å². The van der Waals surface area contributed by atoms with Gasteiger partial charge in [-0.2, -0.15) is 0 Å². The molecular formula is C16H17N3O. The molecular weight excluding hydrogens is 250 g/mol. The molecule has 4 rings (SSSR count). The van der Waals surface area contributed by atoms with Gasteiger partial charge >= 0.3 is 0 Å². The Morgan fingerprint density at radius 3 is 2.85 bits per heavy atom. The van der Waals surface area contributed by atoms with E-state index in [0.29, 0.717) is 5.92 Å². The maximum Gasteiger partial charge on any atom is 0.138 e. The summed E-state index contributed by atoms with van der Waals surface area (Å²) in [5.74, 6) is 0.645. The van der Waals surface area contributed by atoms with Crippen LogP contribution in [-0.4, -0.2) is 23.1 Å². The lowest BCUT2D eigenvalue weighted by Crippen LogP contribution is -2.26. The highest BCUT2D eigenvalue weighted by atomic mass is 16.3. The van der Waals surface area contributed by atoms with Crippen LogP contribution in [-0.2, 0) is 0 Å². The van der Waals surface area contributed by atoms with E-state index >= 15 is 0 Å². The largest absolute Gasteiger partial charge is 0.472 e. The average molecular weight is 267 g/mol. The summed E-state index contributed by atoms with van der Waals surface area (Å²) in [6.07, 6.45) is 7.95. The molecule has 0 atom stereocenters. The van der Waals surface area contributed by atoms with Gasteiger partial charge < -0.3 is 14.7 Å². The third kappa shape index (κ3) is 1.93. The van der Waals surface area contributed by atoms with Gasteiger partial charge in [0.25, 0.3) is 0 Å². The van der Waals surface area contributed by atoms with Crippen LogP contribution in [0.2, 0.25) is 0 Å². The van der Waals surface area contributed by atoms with Gasteiger partial charge in [0, 0.05) is 17.1 Å². The van der Waals surface area contributed by atoms with Crippen molar-refractivity contribution >= 4 is 11.0 Å². The van der Waals surface area contributed by atoms with Crippen LogP contribution in [0.15, 0.2) is 41.3 Å². The van der Waals surface area contributed by atoms with Crippen molar-refractivity contribution < 1.29 is 4.42 Å². The first-order valence-corrected chi connectivity index (χ1v) is 7.13. The molecule has 102 valence electrons. The molecule has 0 unspecified atom stereocenters. The minimum Gasteiger partial charge on any atom is -0.472 e. The monoisotopic (exact) mass is 267 g/mol. The number of piperidine rings is 1. The van der Waals surface area contributed by atoms with Gasteiger partial charge in [0.1, 0.15) is 5.65 Å². The zero-order valence-electron chi connectivity index (χ0n) is 11.2. The number of H-pyrrole nitrogens is 1. The van der Waals surface area contributed by atoms with Crippen LogP contribution < -0.4 is 5.32 Å². The van der Waals surface area contributed by atoms with Gasteiger partial charge in [-0.05, 0) is 55.6 Å². The molecule has 2 N–H and O–H groups in total. The van der Waals surface area contributed by atoms with Crippen molar-refractivity contribution in [3.63, 3.8) is 0 Å². The average Bonchev–Trinajstić information content (AvgIpc) is 3.17. The maximum absolute atomic E-state index is 5.12. The number of aromatic amines is 1. The Kier molecular flexibility index (Phi) is 2.81. The van der Waals surface area contributed by atoms with Gasteiger partial charge in [0.2, 0.25) is 0 Å². The number of aromatic nitrogens is 2. The number of fused-ring (bicyclic) bond motifs is 1. The quantitative estimate of drug-likeness (QED) is 0.749. The van der Waals surface area contributed by atoms with E-state index in [1.165, 1.54) is 23.8 Å². The Balaban J connectivity index is 1.74. The van der Waals surface area contributed by atoms with Crippen LogP contribution in [0, 0.1) is 0 Å². The molecule has 0 radical (unpaired) electrons. The highest BCUT2D eigenvalue weighted by molar-refractivity contribution is 5.83. The lowest BCUT2D eigenvalue weighted by molar-refractivity contribution is 0.462. The third-order valence-electron chi connectivity index (χ3n) is 4.17. The Hall–Kier alpha value is -2.07. The van der Waals surface area contributed by atoms with Gasteiger partial charge in [-0.15, -0.1) is 0 Å². The predicted molar refractivity (Wildman–Crippen MR) is 78.6 cm³/mol. The third-order valence-corrected chi connectivity index (χ3v) is 4.17. The first kappa shape index (κ1) is 11.7. The highest BCUT2D eigenvalue weighted by Gasteiger charge is 2.19. The summed E-state index contributed by atoms with van der Waals surface area (Å²) in [6, 6.07) is 6.19. The van der Waals surface area contributed by atoms with Gasteiger partial charge in [0.05, 0.1) is 18.2 Å². The summed E-state index contributed by atoms with van der Waals surface area (Å²) >= 11 is 0. The molecule has 1 saturated heterocycles. The number of nitrogens with one attached hydrogen (secondary N) is 2. The molecule has 0 bridgehead atoms. The van der Waals surface area contributed by atoms with E-state index in [1.807, 2.05) is 6.07 Å². The molecule has 3 aromatic rings. The fourth-order valence-corrected chi connectivity index (χ4v) is 3.07. The Morgan fingerprint density at radius 1 is 1.15 bits per heavy atom. The number of hydrogen-bond donors (Lipinski definition) is 2. The van der Waals surface area contributed by atoms with Crippen LogP contribution in [0.4, 0.5) is 0 Å². The minimum absolute atomic E-state index is 0.645. The molecule has 0 spiro atoms. The maximum atomic E-state index is 5.12. The number of furan rings is 1. The number of nitrogens with zero attached hydrogens (tertiary/aromatic N) is 1. The van der Waals surface area contributed by atoms with Crippen LogP contribution >= 0.6 is 0 Å². The zero-order chi connectivity index (χ0) is 13.4. The predicted octanol–water partition coefficient (Wildman–Crippen LogP) is 3.29. The van der Waals surface area contributed by atoms with E-state index in [4.69, 9.17) is 9.40 Å². The molecule has 0 saturated carbocycles. The Labute approximate surface area is 117 Å². The summed E-state index contributed by atoms with van der Waals surface area (Å²) in [5, 5.41) is 4.67. The molecule has 1 aliphatic rings. The fourth-order valence-electron chi connectivity index (χ4n) is 3.07. The van der Waals surface area contributed by atoms with Crippen molar-refractivity contribution in [1.29, 1.82) is 0 Å². The summed E-state index contributed by atoms with van der Waals surface area (Å²) in [4.78, 5) is 8.03. The molecule has 0 amide bonds. The van der Waals surface area contributed by atoms with E-state index in [0.717, 1.165) is 30.0 Å². The van der Waals surface area contributed by atoms with E-state index in [1.54, 1.807) is 12.5 Å². The molecule has 1 aliphatic heterocycles. The van der Waals surface area contributed by atoms with Crippen molar-refractivity contribution in [2.75, 3.05) is 13.1 Å². The zero-order valence-corrected chi connectivity index (χ0v) is 11.2. The number of rotatable bonds is 2. The molecule has 3 aromatic heterocycles. The summed E-state index contributed by atoms with van der Waals surface area (Å²) in [6.45, 7) is 2.22. The van der Waals surface area contributed by atoms with Crippen molar-refractivity contribution in [2.45, 2.75) is 18.8 Å². The van der Waals surface area contributed by atoms with Crippen molar-refractivity contribution in [2.24, 2.45) is 0 Å². The van der Waals surface area contributed by atoms with Crippen molar-refractivity contribution in [1.82, 2.24) is 15.3 Å². The molecule has 4 nitrogen and oxygen atoms in total.